The van der Waals surface area contributed by atoms with Gasteiger partial charge in [0.2, 0.25) is 5.91 Å². The first-order valence-electron chi connectivity index (χ1n) is 4.53. The molecule has 0 unspecified atom stereocenters. The summed E-state index contributed by atoms with van der Waals surface area (Å²) in [5.41, 5.74) is 5.68. The van der Waals surface area contributed by atoms with Crippen molar-refractivity contribution in [3.05, 3.63) is 30.1 Å². The summed E-state index contributed by atoms with van der Waals surface area (Å²) < 4.78 is 2.05. The van der Waals surface area contributed by atoms with Gasteiger partial charge in [0, 0.05) is 18.6 Å². The fraction of sp³-hybridized carbons (Fsp3) is 0.400. The molecular weight excluding hydrogens is 244 g/mol. The largest absolute Gasteiger partial charge is 0.366 e. The van der Waals surface area contributed by atoms with Crippen LogP contribution in [0.5, 0.6) is 0 Å². The second kappa shape index (κ2) is 6.54. The predicted octanol–water partition coefficient (Wildman–Crippen LogP) is 1.45. The number of nitrogens with zero attached hydrogens (tertiary/aromatic N) is 1. The topological polar surface area (TPSA) is 47.0 Å². The lowest BCUT2D eigenvalue weighted by molar-refractivity contribution is -0.697. The first-order chi connectivity index (χ1) is 6.24. The van der Waals surface area contributed by atoms with Gasteiger partial charge in [-0.05, 0) is 0 Å². The summed E-state index contributed by atoms with van der Waals surface area (Å²) in [6.45, 7) is 3.15. The van der Waals surface area contributed by atoms with E-state index in [-0.39, 0.29) is 22.9 Å². The van der Waals surface area contributed by atoms with Gasteiger partial charge in [-0.2, -0.15) is 0 Å². The summed E-state index contributed by atoms with van der Waals surface area (Å²) in [5.74, 6) is -0.373. The molecule has 0 saturated heterocycles. The van der Waals surface area contributed by atoms with Gasteiger partial charge in [-0.3, -0.25) is 4.79 Å². The van der Waals surface area contributed by atoms with Crippen LogP contribution in [0.15, 0.2) is 24.5 Å². The van der Waals surface area contributed by atoms with Gasteiger partial charge in [0.05, 0.1) is 5.56 Å². The van der Waals surface area contributed by atoms with Crippen LogP contribution >= 0.6 is 17.0 Å². The van der Waals surface area contributed by atoms with Crippen LogP contribution in [-0.2, 0) is 6.54 Å². The molecule has 1 amide bonds. The van der Waals surface area contributed by atoms with E-state index in [1.807, 2.05) is 12.4 Å². The summed E-state index contributed by atoms with van der Waals surface area (Å²) >= 11 is 0. The van der Waals surface area contributed by atoms with Crippen molar-refractivity contribution >= 4 is 22.9 Å². The number of hydrogen-bond donors (Lipinski definition) is 1. The summed E-state index contributed by atoms with van der Waals surface area (Å²) in [7, 11) is 0. The number of aryl methyl sites for hydroxylation is 1. The molecule has 1 heterocycles. The van der Waals surface area contributed by atoms with E-state index in [1.54, 1.807) is 12.1 Å². The first kappa shape index (κ1) is 13.1. The Morgan fingerprint density at radius 1 is 1.43 bits per heavy atom. The van der Waals surface area contributed by atoms with Gasteiger partial charge in [0.1, 0.15) is 6.54 Å². The van der Waals surface area contributed by atoms with E-state index < -0.39 is 0 Å². The van der Waals surface area contributed by atoms with Crippen molar-refractivity contribution in [1.82, 2.24) is 0 Å². The van der Waals surface area contributed by atoms with Gasteiger partial charge in [-0.15, -0.1) is 17.0 Å². The molecule has 0 aliphatic rings. The van der Waals surface area contributed by atoms with Crippen molar-refractivity contribution in [2.45, 2.75) is 26.3 Å². The number of unbranched alkanes of at least 4 members (excludes halogenated alkanes) is 1. The van der Waals surface area contributed by atoms with Gasteiger partial charge in [0.25, 0.3) is 0 Å². The maximum absolute atomic E-state index is 10.7. The number of carbonyl (C=O) groups excluding carboxylic acids is 1. The highest BCUT2D eigenvalue weighted by Gasteiger charge is 2.03. The molecule has 0 bridgehead atoms. The van der Waals surface area contributed by atoms with E-state index in [9.17, 15) is 4.79 Å². The number of carbonyl (C=O) groups is 1. The van der Waals surface area contributed by atoms with Crippen LogP contribution in [0.25, 0.3) is 0 Å². The number of rotatable bonds is 4. The van der Waals surface area contributed by atoms with Crippen LogP contribution in [0.3, 0.4) is 0 Å². The Hall–Kier alpha value is -0.900. The van der Waals surface area contributed by atoms with Crippen LogP contribution in [-0.4, -0.2) is 5.91 Å². The molecule has 1 aromatic heterocycles. The lowest BCUT2D eigenvalue weighted by atomic mass is 10.2. The van der Waals surface area contributed by atoms with Crippen LogP contribution in [0.2, 0.25) is 0 Å². The zero-order valence-corrected chi connectivity index (χ0v) is 9.98. The number of aromatic nitrogens is 1. The molecule has 0 spiro atoms. The van der Waals surface area contributed by atoms with E-state index in [4.69, 9.17) is 5.73 Å². The SMILES string of the molecule is Br.CCCC[n+]1ccc(C(N)=O)cc1. The third kappa shape index (κ3) is 3.87. The summed E-state index contributed by atoms with van der Waals surface area (Å²) in [6.07, 6.45) is 6.09. The number of hydrogen-bond acceptors (Lipinski definition) is 1. The molecule has 0 fully saturated rings. The Kier molecular flexibility index (Phi) is 6.12. The highest BCUT2D eigenvalue weighted by Crippen LogP contribution is 1.93. The standard InChI is InChI=1S/C10H14N2O.BrH/c1-2-3-6-12-7-4-9(5-8-12)10(11)13;/h4-5,7-8H,2-3,6H2,1H3,(H-,11,13);1H/p+1. The fourth-order valence-corrected chi connectivity index (χ4v) is 1.11. The second-order valence-corrected chi connectivity index (χ2v) is 3.04. The predicted molar refractivity (Wildman–Crippen MR) is 60.4 cm³/mol. The molecule has 2 N–H and O–H groups in total. The monoisotopic (exact) mass is 259 g/mol. The minimum absolute atomic E-state index is 0. The molecular formula is C10H16BrN2O+. The Labute approximate surface area is 94.7 Å². The molecule has 0 atom stereocenters. The molecule has 0 radical (unpaired) electrons. The van der Waals surface area contributed by atoms with E-state index in [2.05, 4.69) is 11.5 Å². The van der Waals surface area contributed by atoms with Gasteiger partial charge in [0.15, 0.2) is 12.4 Å². The Balaban J connectivity index is 0.00000169. The molecule has 1 rings (SSSR count). The zero-order chi connectivity index (χ0) is 9.68. The molecule has 14 heavy (non-hydrogen) atoms. The third-order valence-corrected chi connectivity index (χ3v) is 1.95. The number of nitrogens with two attached hydrogens (primary N) is 1. The smallest absolute Gasteiger partial charge is 0.249 e. The van der Waals surface area contributed by atoms with Crippen molar-refractivity contribution in [2.24, 2.45) is 5.73 Å². The van der Waals surface area contributed by atoms with Crippen molar-refractivity contribution in [2.75, 3.05) is 0 Å². The van der Waals surface area contributed by atoms with Gasteiger partial charge < -0.3 is 5.73 Å². The molecule has 0 saturated carbocycles. The quantitative estimate of drug-likeness (QED) is 0.818. The Morgan fingerprint density at radius 2 is 2.00 bits per heavy atom. The van der Waals surface area contributed by atoms with Crippen molar-refractivity contribution in [3.8, 4) is 0 Å². The first-order valence-corrected chi connectivity index (χ1v) is 4.53. The lowest BCUT2D eigenvalue weighted by Crippen LogP contribution is -2.33. The van der Waals surface area contributed by atoms with Crippen molar-refractivity contribution in [3.63, 3.8) is 0 Å². The summed E-state index contributed by atoms with van der Waals surface area (Å²) in [5, 5.41) is 0. The summed E-state index contributed by atoms with van der Waals surface area (Å²) in [6, 6.07) is 3.50. The maximum Gasteiger partial charge on any atom is 0.249 e. The minimum atomic E-state index is -0.373. The van der Waals surface area contributed by atoms with Gasteiger partial charge in [-0.25, -0.2) is 4.57 Å². The maximum atomic E-state index is 10.7. The van der Waals surface area contributed by atoms with Crippen LogP contribution in [0.4, 0.5) is 0 Å². The zero-order valence-electron chi connectivity index (χ0n) is 8.27. The number of halogens is 1. The van der Waals surface area contributed by atoms with Gasteiger partial charge in [-0.1, -0.05) is 13.3 Å². The normalized spacial score (nSPS) is 9.21. The van der Waals surface area contributed by atoms with Gasteiger partial charge >= 0.3 is 0 Å². The van der Waals surface area contributed by atoms with Crippen LogP contribution in [0.1, 0.15) is 30.1 Å². The average molecular weight is 260 g/mol. The molecule has 0 aliphatic carbocycles. The van der Waals surface area contributed by atoms with E-state index >= 15 is 0 Å². The fourth-order valence-electron chi connectivity index (χ4n) is 1.11. The van der Waals surface area contributed by atoms with Crippen LogP contribution in [0, 0.1) is 0 Å². The minimum Gasteiger partial charge on any atom is -0.366 e. The third-order valence-electron chi connectivity index (χ3n) is 1.95. The number of amides is 1. The molecule has 0 aromatic carbocycles. The van der Waals surface area contributed by atoms with Crippen LogP contribution < -0.4 is 10.3 Å². The van der Waals surface area contributed by atoms with E-state index in [1.165, 1.54) is 6.42 Å². The van der Waals surface area contributed by atoms with E-state index in [0.29, 0.717) is 5.56 Å². The molecule has 0 aliphatic heterocycles. The second-order valence-electron chi connectivity index (χ2n) is 3.04. The number of primary amides is 1. The highest BCUT2D eigenvalue weighted by atomic mass is 79.9. The average Bonchev–Trinajstić information content (AvgIpc) is 2.15. The molecule has 3 nitrogen and oxygen atoms in total. The van der Waals surface area contributed by atoms with Crippen molar-refractivity contribution < 1.29 is 9.36 Å². The van der Waals surface area contributed by atoms with Crippen molar-refractivity contribution in [1.29, 1.82) is 0 Å². The Morgan fingerprint density at radius 3 is 2.43 bits per heavy atom. The molecule has 4 heteroatoms. The number of pyridine rings is 1. The lowest BCUT2D eigenvalue weighted by Gasteiger charge is -1.95. The Bertz CT molecular complexity index is 285. The molecule has 1 aromatic rings. The molecule has 78 valence electrons. The van der Waals surface area contributed by atoms with E-state index in [0.717, 1.165) is 13.0 Å². The summed E-state index contributed by atoms with van der Waals surface area (Å²) in [4.78, 5) is 10.7. The highest BCUT2D eigenvalue weighted by molar-refractivity contribution is 8.93.